The van der Waals surface area contributed by atoms with Crippen LogP contribution in [0.1, 0.15) is 30.3 Å². The predicted molar refractivity (Wildman–Crippen MR) is 104 cm³/mol. The zero-order valence-corrected chi connectivity index (χ0v) is 16.3. The number of rotatable bonds is 4. The van der Waals surface area contributed by atoms with Crippen LogP contribution in [0.4, 0.5) is 8.78 Å². The maximum Gasteiger partial charge on any atom is 0.420 e. The molecule has 0 bridgehead atoms. The van der Waals surface area contributed by atoms with E-state index < -0.39 is 35.2 Å². The highest BCUT2D eigenvalue weighted by Crippen LogP contribution is 2.25. The van der Waals surface area contributed by atoms with E-state index in [1.54, 1.807) is 18.2 Å². The topological polar surface area (TPSA) is 120 Å². The Bertz CT molecular complexity index is 1440. The molecule has 1 aliphatic heterocycles. The van der Waals surface area contributed by atoms with E-state index in [0.717, 1.165) is 18.2 Å². The van der Waals surface area contributed by atoms with Crippen molar-refractivity contribution >= 4 is 22.9 Å². The lowest BCUT2D eigenvalue weighted by Crippen LogP contribution is -2.43. The first-order valence-electron chi connectivity index (χ1n) is 9.65. The molecular formula is C21H14F2N4O5. The maximum absolute atomic E-state index is 14.0. The molecule has 1 saturated heterocycles. The minimum atomic E-state index is -0.873. The van der Waals surface area contributed by atoms with Gasteiger partial charge in [-0.05, 0) is 42.3 Å². The quantitative estimate of drug-likeness (QED) is 0.484. The van der Waals surface area contributed by atoms with Crippen LogP contribution in [0.25, 0.3) is 22.5 Å². The number of oxazole rings is 1. The Morgan fingerprint density at radius 3 is 2.78 bits per heavy atom. The van der Waals surface area contributed by atoms with E-state index >= 15 is 0 Å². The number of aromatic nitrogens is 3. The number of benzene rings is 2. The van der Waals surface area contributed by atoms with Gasteiger partial charge in [-0.2, -0.15) is 4.98 Å². The summed E-state index contributed by atoms with van der Waals surface area (Å²) in [5.74, 6) is -2.96. The van der Waals surface area contributed by atoms with E-state index in [0.29, 0.717) is 11.1 Å². The average molecular weight is 440 g/mol. The molecule has 4 aromatic rings. The van der Waals surface area contributed by atoms with Gasteiger partial charge in [0.25, 0.3) is 0 Å². The SMILES string of the molecule is O=C1CCC(n2c(=O)oc3ccc(Cc4nc(-c5cc(F)ccc5F)no4)cc32)C(=O)N1. The van der Waals surface area contributed by atoms with Crippen LogP contribution in [0.2, 0.25) is 0 Å². The molecule has 1 unspecified atom stereocenters. The maximum atomic E-state index is 14.0. The van der Waals surface area contributed by atoms with Crippen molar-refractivity contribution < 1.29 is 27.3 Å². The molecule has 1 fully saturated rings. The molecular weight excluding hydrogens is 426 g/mol. The van der Waals surface area contributed by atoms with Gasteiger partial charge in [-0.25, -0.2) is 13.6 Å². The smallest absolute Gasteiger partial charge is 0.408 e. The van der Waals surface area contributed by atoms with Crippen molar-refractivity contribution in [1.29, 1.82) is 0 Å². The van der Waals surface area contributed by atoms with Gasteiger partial charge in [0.15, 0.2) is 5.58 Å². The molecule has 1 N–H and O–H groups in total. The van der Waals surface area contributed by atoms with E-state index in [1.165, 1.54) is 4.57 Å². The summed E-state index contributed by atoms with van der Waals surface area (Å²) in [6.07, 6.45) is 0.418. The third kappa shape index (κ3) is 3.47. The van der Waals surface area contributed by atoms with Gasteiger partial charge >= 0.3 is 5.76 Å². The van der Waals surface area contributed by atoms with Gasteiger partial charge in [0.1, 0.15) is 17.7 Å². The Labute approximate surface area is 177 Å². The lowest BCUT2D eigenvalue weighted by molar-refractivity contribution is -0.135. The number of hydrogen-bond acceptors (Lipinski definition) is 7. The average Bonchev–Trinajstić information content (AvgIpc) is 3.34. The third-order valence-electron chi connectivity index (χ3n) is 5.19. The summed E-state index contributed by atoms with van der Waals surface area (Å²) in [6.45, 7) is 0. The van der Waals surface area contributed by atoms with Gasteiger partial charge in [-0.3, -0.25) is 19.5 Å². The Morgan fingerprint density at radius 2 is 1.97 bits per heavy atom. The third-order valence-corrected chi connectivity index (χ3v) is 5.19. The minimum Gasteiger partial charge on any atom is -0.408 e. The van der Waals surface area contributed by atoms with E-state index in [2.05, 4.69) is 15.5 Å². The fourth-order valence-electron chi connectivity index (χ4n) is 3.69. The van der Waals surface area contributed by atoms with Crippen LogP contribution in [-0.4, -0.2) is 26.5 Å². The summed E-state index contributed by atoms with van der Waals surface area (Å²) in [4.78, 5) is 40.2. The first-order chi connectivity index (χ1) is 15.4. The van der Waals surface area contributed by atoms with E-state index in [1.807, 2.05) is 0 Å². The lowest BCUT2D eigenvalue weighted by Gasteiger charge is -2.21. The van der Waals surface area contributed by atoms with E-state index in [-0.39, 0.29) is 42.1 Å². The van der Waals surface area contributed by atoms with Gasteiger partial charge in [-0.15, -0.1) is 0 Å². The van der Waals surface area contributed by atoms with Gasteiger partial charge in [0, 0.05) is 6.42 Å². The molecule has 0 spiro atoms. The summed E-state index contributed by atoms with van der Waals surface area (Å²) in [5, 5.41) is 5.93. The number of piperidine rings is 1. The summed E-state index contributed by atoms with van der Waals surface area (Å²) in [5.41, 5.74) is 1.17. The number of hydrogen-bond donors (Lipinski definition) is 1. The summed E-state index contributed by atoms with van der Waals surface area (Å²) < 4.78 is 39.0. The monoisotopic (exact) mass is 440 g/mol. The van der Waals surface area contributed by atoms with Gasteiger partial charge in [-0.1, -0.05) is 11.2 Å². The molecule has 0 saturated carbocycles. The second-order valence-electron chi connectivity index (χ2n) is 7.32. The number of amides is 2. The van der Waals surface area contributed by atoms with Gasteiger partial charge < -0.3 is 8.94 Å². The van der Waals surface area contributed by atoms with Crippen LogP contribution in [0.5, 0.6) is 0 Å². The first-order valence-corrected chi connectivity index (χ1v) is 9.65. The van der Waals surface area contributed by atoms with Gasteiger partial charge in [0.2, 0.25) is 23.5 Å². The fourth-order valence-corrected chi connectivity index (χ4v) is 3.69. The standard InChI is InChI=1S/C21H14F2N4O5/c22-11-2-3-13(23)12(9-11)19-25-18(32-26-19)8-10-1-5-16-15(7-10)27(21(30)31-16)14-4-6-17(28)24-20(14)29/h1-3,5,7,9,14H,4,6,8H2,(H,24,28,29). The van der Waals surface area contributed by atoms with Crippen LogP contribution in [0.15, 0.2) is 50.1 Å². The zero-order chi connectivity index (χ0) is 22.4. The molecule has 11 heteroatoms. The van der Waals surface area contributed by atoms with Crippen LogP contribution >= 0.6 is 0 Å². The number of fused-ring (bicyclic) bond motifs is 1. The van der Waals surface area contributed by atoms with Crippen LogP contribution < -0.4 is 11.1 Å². The zero-order valence-electron chi connectivity index (χ0n) is 16.3. The van der Waals surface area contributed by atoms with Crippen molar-refractivity contribution in [3.63, 3.8) is 0 Å². The van der Waals surface area contributed by atoms with Crippen molar-refractivity contribution in [2.24, 2.45) is 0 Å². The normalized spacial score (nSPS) is 16.5. The van der Waals surface area contributed by atoms with Crippen LogP contribution in [-0.2, 0) is 16.0 Å². The second kappa shape index (κ2) is 7.52. The highest BCUT2D eigenvalue weighted by molar-refractivity contribution is 6.00. The van der Waals surface area contributed by atoms with Crippen molar-refractivity contribution in [3.8, 4) is 11.4 Å². The fraction of sp³-hybridized carbons (Fsp3) is 0.190. The minimum absolute atomic E-state index is 0.0955. The highest BCUT2D eigenvalue weighted by atomic mass is 19.1. The predicted octanol–water partition coefficient (Wildman–Crippen LogP) is 2.49. The number of imide groups is 1. The largest absolute Gasteiger partial charge is 0.420 e. The first kappa shape index (κ1) is 19.8. The van der Waals surface area contributed by atoms with Crippen molar-refractivity contribution in [2.75, 3.05) is 0 Å². The molecule has 2 aromatic heterocycles. The highest BCUT2D eigenvalue weighted by Gasteiger charge is 2.31. The molecule has 1 aliphatic rings. The molecule has 2 aromatic carbocycles. The number of nitrogens with one attached hydrogen (secondary N) is 1. The number of halogens is 2. The van der Waals surface area contributed by atoms with Crippen LogP contribution in [0.3, 0.4) is 0 Å². The van der Waals surface area contributed by atoms with Gasteiger partial charge in [0.05, 0.1) is 17.5 Å². The Kier molecular flexibility index (Phi) is 4.65. The Balaban J connectivity index is 1.47. The Morgan fingerprint density at radius 1 is 1.12 bits per heavy atom. The molecule has 32 heavy (non-hydrogen) atoms. The van der Waals surface area contributed by atoms with E-state index in [9.17, 15) is 23.2 Å². The number of carbonyl (C=O) groups is 2. The number of nitrogens with zero attached hydrogens (tertiary/aromatic N) is 3. The van der Waals surface area contributed by atoms with Crippen molar-refractivity contribution in [3.05, 3.63) is 70.0 Å². The lowest BCUT2D eigenvalue weighted by atomic mass is 10.1. The molecule has 162 valence electrons. The van der Waals surface area contributed by atoms with Crippen LogP contribution in [0, 0.1) is 11.6 Å². The molecule has 0 aliphatic carbocycles. The summed E-state index contributed by atoms with van der Waals surface area (Å²) >= 11 is 0. The Hall–Kier alpha value is -4.15. The molecule has 5 rings (SSSR count). The van der Waals surface area contributed by atoms with E-state index in [4.69, 9.17) is 8.94 Å². The molecule has 3 heterocycles. The summed E-state index contributed by atoms with van der Waals surface area (Å²) in [6, 6.07) is 6.94. The molecule has 2 amide bonds. The summed E-state index contributed by atoms with van der Waals surface area (Å²) in [7, 11) is 0. The van der Waals surface area contributed by atoms with Crippen molar-refractivity contribution in [2.45, 2.75) is 25.3 Å². The second-order valence-corrected chi connectivity index (χ2v) is 7.32. The van der Waals surface area contributed by atoms with Crippen molar-refractivity contribution in [1.82, 2.24) is 20.0 Å². The molecule has 0 radical (unpaired) electrons. The molecule has 1 atom stereocenters. The molecule has 9 nitrogen and oxygen atoms in total. The number of carbonyl (C=O) groups excluding carboxylic acids is 2.